The standard InChI is InChI=1S/C21H30N4O2S/c1-21(2,3)27-20(26)23-11-18-10-22-19(28-18)16-8-6-15(7-9-16)12-25-13-17(14-25)24(4)5/h6-10,17H,11-14H2,1-5H3,(H,23,26). The van der Waals surface area contributed by atoms with E-state index in [0.717, 1.165) is 35.1 Å². The molecule has 1 N–H and O–H groups in total. The van der Waals surface area contributed by atoms with Gasteiger partial charge in [-0.05, 0) is 40.4 Å². The van der Waals surface area contributed by atoms with Crippen LogP contribution in [0.25, 0.3) is 10.6 Å². The molecule has 1 aromatic heterocycles. The molecule has 1 saturated heterocycles. The fourth-order valence-corrected chi connectivity index (χ4v) is 3.86. The predicted octanol–water partition coefficient (Wildman–Crippen LogP) is 3.58. The van der Waals surface area contributed by atoms with Crippen molar-refractivity contribution in [2.45, 2.75) is 45.5 Å². The maximum atomic E-state index is 11.8. The van der Waals surface area contributed by atoms with Crippen LogP contribution in [-0.2, 0) is 17.8 Å². The van der Waals surface area contributed by atoms with Crippen LogP contribution in [0.5, 0.6) is 0 Å². The lowest BCUT2D eigenvalue weighted by molar-refractivity contribution is 0.0524. The number of hydrogen-bond acceptors (Lipinski definition) is 6. The topological polar surface area (TPSA) is 57.7 Å². The van der Waals surface area contributed by atoms with Crippen molar-refractivity contribution in [3.8, 4) is 10.6 Å². The zero-order valence-electron chi connectivity index (χ0n) is 17.4. The molecule has 1 amide bonds. The number of carbonyl (C=O) groups is 1. The van der Waals surface area contributed by atoms with E-state index in [9.17, 15) is 4.79 Å². The van der Waals surface area contributed by atoms with Crippen molar-refractivity contribution in [2.75, 3.05) is 27.2 Å². The minimum atomic E-state index is -0.492. The molecule has 2 aromatic rings. The fraction of sp³-hybridized carbons (Fsp3) is 0.524. The first-order valence-corrected chi connectivity index (χ1v) is 10.4. The molecule has 0 unspecified atom stereocenters. The molecule has 2 heterocycles. The van der Waals surface area contributed by atoms with Crippen LogP contribution in [0.2, 0.25) is 0 Å². The highest BCUT2D eigenvalue weighted by Crippen LogP contribution is 2.26. The first-order valence-electron chi connectivity index (χ1n) is 9.59. The van der Waals surface area contributed by atoms with E-state index in [1.54, 1.807) is 11.3 Å². The number of hydrogen-bond donors (Lipinski definition) is 1. The van der Waals surface area contributed by atoms with Gasteiger partial charge in [0.2, 0.25) is 0 Å². The van der Waals surface area contributed by atoms with E-state index in [4.69, 9.17) is 4.74 Å². The Morgan fingerprint density at radius 2 is 1.96 bits per heavy atom. The minimum absolute atomic E-state index is 0.408. The summed E-state index contributed by atoms with van der Waals surface area (Å²) >= 11 is 1.59. The summed E-state index contributed by atoms with van der Waals surface area (Å²) in [7, 11) is 4.28. The van der Waals surface area contributed by atoms with Crippen LogP contribution in [0.4, 0.5) is 4.79 Å². The number of thiazole rings is 1. The molecule has 1 aliphatic rings. The second kappa shape index (κ2) is 8.59. The Bertz CT molecular complexity index is 789. The first-order chi connectivity index (χ1) is 13.2. The van der Waals surface area contributed by atoms with Gasteiger partial charge >= 0.3 is 6.09 Å². The maximum Gasteiger partial charge on any atom is 0.407 e. The lowest BCUT2D eigenvalue weighted by atomic mass is 10.1. The third kappa shape index (κ3) is 5.77. The molecule has 152 valence electrons. The second-order valence-corrected chi connectivity index (χ2v) is 9.61. The Labute approximate surface area is 171 Å². The van der Waals surface area contributed by atoms with Gasteiger partial charge in [-0.3, -0.25) is 4.90 Å². The van der Waals surface area contributed by atoms with Crippen molar-refractivity contribution in [1.82, 2.24) is 20.1 Å². The van der Waals surface area contributed by atoms with Gasteiger partial charge in [0.25, 0.3) is 0 Å². The molecule has 0 atom stereocenters. The number of rotatable bonds is 6. The summed E-state index contributed by atoms with van der Waals surface area (Å²) in [5, 5.41) is 3.74. The Balaban J connectivity index is 1.50. The number of benzene rings is 1. The average molecular weight is 403 g/mol. The van der Waals surface area contributed by atoms with Gasteiger partial charge in [0.05, 0.1) is 6.54 Å². The number of carbonyl (C=O) groups excluding carboxylic acids is 1. The van der Waals surface area contributed by atoms with E-state index in [-0.39, 0.29) is 0 Å². The molecule has 1 aromatic carbocycles. The summed E-state index contributed by atoms with van der Waals surface area (Å²) in [6.45, 7) is 9.24. The molecule has 7 heteroatoms. The maximum absolute atomic E-state index is 11.8. The molecule has 1 fully saturated rings. The average Bonchev–Trinajstić information content (AvgIpc) is 3.03. The molecule has 6 nitrogen and oxygen atoms in total. The van der Waals surface area contributed by atoms with Crippen LogP contribution in [0.15, 0.2) is 30.5 Å². The Morgan fingerprint density at radius 1 is 1.29 bits per heavy atom. The Kier molecular flexibility index (Phi) is 6.37. The van der Waals surface area contributed by atoms with Crippen LogP contribution in [0, 0.1) is 0 Å². The van der Waals surface area contributed by atoms with Crippen molar-refractivity contribution >= 4 is 17.4 Å². The van der Waals surface area contributed by atoms with Crippen LogP contribution < -0.4 is 5.32 Å². The van der Waals surface area contributed by atoms with Gasteiger partial charge in [0.1, 0.15) is 10.6 Å². The van der Waals surface area contributed by atoms with Crippen molar-refractivity contribution in [1.29, 1.82) is 0 Å². The number of ether oxygens (including phenoxy) is 1. The Morgan fingerprint density at radius 3 is 2.57 bits per heavy atom. The summed E-state index contributed by atoms with van der Waals surface area (Å²) in [6, 6.07) is 9.30. The molecule has 0 bridgehead atoms. The number of nitrogens with one attached hydrogen (secondary N) is 1. The summed E-state index contributed by atoms with van der Waals surface area (Å²) < 4.78 is 5.26. The highest BCUT2D eigenvalue weighted by atomic mass is 32.1. The summed E-state index contributed by atoms with van der Waals surface area (Å²) in [4.78, 5) is 22.0. The quantitative estimate of drug-likeness (QED) is 0.800. The van der Waals surface area contributed by atoms with Crippen LogP contribution in [0.3, 0.4) is 0 Å². The first kappa shape index (κ1) is 20.8. The van der Waals surface area contributed by atoms with Gasteiger partial charge < -0.3 is 15.0 Å². The predicted molar refractivity (Wildman–Crippen MR) is 113 cm³/mol. The lowest BCUT2D eigenvalue weighted by Crippen LogP contribution is -2.56. The molecule has 1 aliphatic heterocycles. The molecule has 28 heavy (non-hydrogen) atoms. The van der Waals surface area contributed by atoms with Gasteiger partial charge in [-0.15, -0.1) is 11.3 Å². The third-order valence-electron chi connectivity index (χ3n) is 4.63. The Hall–Kier alpha value is -1.96. The van der Waals surface area contributed by atoms with E-state index >= 15 is 0 Å². The van der Waals surface area contributed by atoms with Crippen molar-refractivity contribution < 1.29 is 9.53 Å². The van der Waals surface area contributed by atoms with Crippen molar-refractivity contribution in [2.24, 2.45) is 0 Å². The molecular formula is C21H30N4O2S. The number of likely N-dealkylation sites (N-methyl/N-ethyl adjacent to an activating group) is 1. The summed E-state index contributed by atoms with van der Waals surface area (Å²) in [5.41, 5.74) is 1.94. The van der Waals surface area contributed by atoms with Gasteiger partial charge in [0.15, 0.2) is 0 Å². The van der Waals surface area contributed by atoms with Gasteiger partial charge in [0, 0.05) is 42.3 Å². The smallest absolute Gasteiger partial charge is 0.407 e. The number of amides is 1. The van der Waals surface area contributed by atoms with E-state index in [1.807, 2.05) is 27.0 Å². The van der Waals surface area contributed by atoms with E-state index in [2.05, 4.69) is 58.5 Å². The number of alkyl carbamates (subject to hydrolysis) is 1. The lowest BCUT2D eigenvalue weighted by Gasteiger charge is -2.42. The van der Waals surface area contributed by atoms with Crippen LogP contribution in [0.1, 0.15) is 31.2 Å². The summed E-state index contributed by atoms with van der Waals surface area (Å²) in [5.74, 6) is 0. The molecule has 0 saturated carbocycles. The number of likely N-dealkylation sites (tertiary alicyclic amines) is 1. The van der Waals surface area contributed by atoms with Crippen LogP contribution >= 0.6 is 11.3 Å². The van der Waals surface area contributed by atoms with E-state index < -0.39 is 11.7 Å². The SMILES string of the molecule is CN(C)C1CN(Cc2ccc(-c3ncc(CNC(=O)OC(C)(C)C)s3)cc2)C1. The van der Waals surface area contributed by atoms with E-state index in [1.165, 1.54) is 5.56 Å². The minimum Gasteiger partial charge on any atom is -0.444 e. The van der Waals surface area contributed by atoms with Crippen molar-refractivity contribution in [3.05, 3.63) is 40.9 Å². The zero-order chi connectivity index (χ0) is 20.3. The summed E-state index contributed by atoms with van der Waals surface area (Å²) in [6.07, 6.45) is 1.40. The number of aromatic nitrogens is 1. The molecule has 0 aliphatic carbocycles. The normalized spacial score (nSPS) is 15.5. The highest BCUT2D eigenvalue weighted by Gasteiger charge is 2.27. The largest absolute Gasteiger partial charge is 0.444 e. The zero-order valence-corrected chi connectivity index (χ0v) is 18.2. The monoisotopic (exact) mass is 402 g/mol. The van der Waals surface area contributed by atoms with E-state index in [0.29, 0.717) is 12.6 Å². The molecular weight excluding hydrogens is 372 g/mol. The molecule has 3 rings (SSSR count). The fourth-order valence-electron chi connectivity index (χ4n) is 3.01. The van der Waals surface area contributed by atoms with Gasteiger partial charge in [-0.25, -0.2) is 9.78 Å². The van der Waals surface area contributed by atoms with Crippen LogP contribution in [-0.4, -0.2) is 59.7 Å². The van der Waals surface area contributed by atoms with Gasteiger partial charge in [-0.1, -0.05) is 24.3 Å². The molecule has 0 radical (unpaired) electrons. The molecule has 0 spiro atoms. The third-order valence-corrected chi connectivity index (χ3v) is 5.68. The van der Waals surface area contributed by atoms with Crippen molar-refractivity contribution in [3.63, 3.8) is 0 Å². The number of nitrogens with zero attached hydrogens (tertiary/aromatic N) is 3. The van der Waals surface area contributed by atoms with Gasteiger partial charge in [-0.2, -0.15) is 0 Å². The highest BCUT2D eigenvalue weighted by molar-refractivity contribution is 7.15. The second-order valence-electron chi connectivity index (χ2n) is 8.50.